The molecule has 0 atom stereocenters. The van der Waals surface area contributed by atoms with Crippen LogP contribution in [0.5, 0.6) is 5.75 Å². The molecule has 100 valence electrons. The number of benzene rings is 1. The Labute approximate surface area is 110 Å². The van der Waals surface area contributed by atoms with E-state index in [9.17, 15) is 4.79 Å². The molecule has 2 rings (SSSR count). The van der Waals surface area contributed by atoms with Gasteiger partial charge in [-0.3, -0.25) is 4.79 Å². The third kappa shape index (κ3) is 3.03. The number of carbonyl (C=O) groups excluding carboxylic acids is 1. The van der Waals surface area contributed by atoms with Crippen LogP contribution in [0.4, 0.5) is 0 Å². The van der Waals surface area contributed by atoms with Gasteiger partial charge in [0.1, 0.15) is 12.4 Å². The van der Waals surface area contributed by atoms with Gasteiger partial charge in [0, 0.05) is 6.54 Å². The number of aryl methyl sites for hydroxylation is 1. The molecule has 0 saturated carbocycles. The summed E-state index contributed by atoms with van der Waals surface area (Å²) in [5.74, 6) is 0.809. The van der Waals surface area contributed by atoms with Gasteiger partial charge in [-0.05, 0) is 31.0 Å². The Balaban J connectivity index is 0.000000771. The van der Waals surface area contributed by atoms with E-state index in [2.05, 4.69) is 6.92 Å². The van der Waals surface area contributed by atoms with Crippen LogP contribution in [-0.4, -0.2) is 30.5 Å². The third-order valence-electron chi connectivity index (χ3n) is 2.97. The molecule has 18 heavy (non-hydrogen) atoms. The fourth-order valence-electron chi connectivity index (χ4n) is 1.93. The van der Waals surface area contributed by atoms with Gasteiger partial charge >= 0.3 is 0 Å². The van der Waals surface area contributed by atoms with Crippen LogP contribution in [0.3, 0.4) is 0 Å². The number of hydrogen-bond donors (Lipinski definition) is 0. The first-order valence-corrected chi connectivity index (χ1v) is 6.81. The number of amides is 1. The van der Waals surface area contributed by atoms with Gasteiger partial charge in [0.05, 0.1) is 12.1 Å². The van der Waals surface area contributed by atoms with E-state index in [0.717, 1.165) is 18.7 Å². The molecule has 0 aliphatic carbocycles. The van der Waals surface area contributed by atoms with E-state index in [1.165, 1.54) is 5.56 Å². The highest BCUT2D eigenvalue weighted by molar-refractivity contribution is 5.97. The molecule has 1 aliphatic rings. The molecule has 0 aromatic heterocycles. The van der Waals surface area contributed by atoms with E-state index in [4.69, 9.17) is 4.74 Å². The number of rotatable bonds is 2. The number of nitrogens with zero attached hydrogens (tertiary/aromatic N) is 1. The number of ether oxygens (including phenoxy) is 1. The maximum absolute atomic E-state index is 12.2. The van der Waals surface area contributed by atoms with Gasteiger partial charge in [-0.1, -0.05) is 26.8 Å². The molecule has 1 amide bonds. The highest BCUT2D eigenvalue weighted by atomic mass is 16.5. The van der Waals surface area contributed by atoms with E-state index in [0.29, 0.717) is 18.7 Å². The molecule has 0 unspecified atom stereocenters. The Kier molecular flexibility index (Phi) is 5.69. The summed E-state index contributed by atoms with van der Waals surface area (Å²) in [5.41, 5.74) is 1.88. The zero-order chi connectivity index (χ0) is 13.5. The molecule has 1 aliphatic heterocycles. The lowest BCUT2D eigenvalue weighted by atomic mass is 10.1. The van der Waals surface area contributed by atoms with E-state index >= 15 is 0 Å². The van der Waals surface area contributed by atoms with Gasteiger partial charge in [0.25, 0.3) is 5.91 Å². The van der Waals surface area contributed by atoms with Crippen molar-refractivity contribution in [2.45, 2.75) is 34.1 Å². The Morgan fingerprint density at radius 1 is 1.28 bits per heavy atom. The van der Waals surface area contributed by atoms with Crippen molar-refractivity contribution >= 4 is 5.91 Å². The van der Waals surface area contributed by atoms with Crippen LogP contribution in [0.2, 0.25) is 0 Å². The summed E-state index contributed by atoms with van der Waals surface area (Å²) in [6.45, 7) is 10.1. The lowest BCUT2D eigenvalue weighted by molar-refractivity contribution is 0.0765. The first-order chi connectivity index (χ1) is 8.76. The van der Waals surface area contributed by atoms with Crippen LogP contribution in [-0.2, 0) is 6.42 Å². The quantitative estimate of drug-likeness (QED) is 0.806. The highest BCUT2D eigenvalue weighted by Crippen LogP contribution is 2.24. The van der Waals surface area contributed by atoms with Crippen LogP contribution in [0.25, 0.3) is 0 Å². The van der Waals surface area contributed by atoms with Crippen LogP contribution >= 0.6 is 0 Å². The Morgan fingerprint density at radius 3 is 2.61 bits per heavy atom. The fraction of sp³-hybridized carbons (Fsp3) is 0.533. The normalized spacial score (nSPS) is 14.0. The number of likely N-dealkylation sites (N-methyl/N-ethyl adjacent to an activating group) is 1. The minimum atomic E-state index is 0.0882. The van der Waals surface area contributed by atoms with Gasteiger partial charge in [0.2, 0.25) is 0 Å². The molecule has 0 saturated heterocycles. The van der Waals surface area contributed by atoms with Crippen molar-refractivity contribution in [2.75, 3.05) is 19.7 Å². The topological polar surface area (TPSA) is 29.5 Å². The highest BCUT2D eigenvalue weighted by Gasteiger charge is 2.22. The molecule has 3 heteroatoms. The molecule has 3 nitrogen and oxygen atoms in total. The summed E-state index contributed by atoms with van der Waals surface area (Å²) in [4.78, 5) is 14.0. The second-order valence-corrected chi connectivity index (χ2v) is 3.92. The molecule has 0 radical (unpaired) electrons. The maximum atomic E-state index is 12.2. The van der Waals surface area contributed by atoms with Crippen molar-refractivity contribution in [1.82, 2.24) is 4.90 Å². The minimum Gasteiger partial charge on any atom is -0.491 e. The molecule has 1 heterocycles. The average molecular weight is 249 g/mol. The van der Waals surface area contributed by atoms with E-state index < -0.39 is 0 Å². The lowest BCUT2D eigenvalue weighted by Crippen LogP contribution is -2.32. The monoisotopic (exact) mass is 249 g/mol. The van der Waals surface area contributed by atoms with Crippen LogP contribution in [0.15, 0.2) is 18.2 Å². The first-order valence-electron chi connectivity index (χ1n) is 6.81. The van der Waals surface area contributed by atoms with Crippen molar-refractivity contribution in [3.8, 4) is 5.75 Å². The maximum Gasteiger partial charge on any atom is 0.257 e. The van der Waals surface area contributed by atoms with Gasteiger partial charge < -0.3 is 9.64 Å². The Morgan fingerprint density at radius 2 is 2.00 bits per heavy atom. The molecular formula is C15H23NO2. The summed E-state index contributed by atoms with van der Waals surface area (Å²) >= 11 is 0. The standard InChI is InChI=1S/C13H17NO2.C2H6/c1-3-10-5-6-12-11(9-10)13(15)14(4-2)7-8-16-12;1-2/h5-6,9H,3-4,7-8H2,1-2H3;1-2H3. The van der Waals surface area contributed by atoms with Crippen LogP contribution < -0.4 is 4.74 Å². The predicted octanol–water partition coefficient (Wildman–Crippen LogP) is 3.13. The first kappa shape index (κ1) is 14.6. The Hall–Kier alpha value is -1.51. The zero-order valence-corrected chi connectivity index (χ0v) is 11.8. The number of hydrogen-bond acceptors (Lipinski definition) is 2. The predicted molar refractivity (Wildman–Crippen MR) is 74.2 cm³/mol. The van der Waals surface area contributed by atoms with Crippen LogP contribution in [0, 0.1) is 0 Å². The van der Waals surface area contributed by atoms with E-state index in [-0.39, 0.29) is 5.91 Å². The van der Waals surface area contributed by atoms with Crippen molar-refractivity contribution in [3.05, 3.63) is 29.3 Å². The fourth-order valence-corrected chi connectivity index (χ4v) is 1.93. The SMILES string of the molecule is CC.CCc1ccc2c(c1)C(=O)N(CC)CCO2. The molecule has 1 aromatic rings. The van der Waals surface area contributed by atoms with Gasteiger partial charge in [-0.25, -0.2) is 0 Å². The molecular weight excluding hydrogens is 226 g/mol. The zero-order valence-electron chi connectivity index (χ0n) is 11.8. The van der Waals surface area contributed by atoms with E-state index in [1.807, 2.05) is 43.9 Å². The number of fused-ring (bicyclic) bond motifs is 1. The summed E-state index contributed by atoms with van der Waals surface area (Å²) < 4.78 is 5.59. The lowest BCUT2D eigenvalue weighted by Gasteiger charge is -2.17. The van der Waals surface area contributed by atoms with E-state index in [1.54, 1.807) is 0 Å². The molecule has 0 spiro atoms. The summed E-state index contributed by atoms with van der Waals surface area (Å²) in [5, 5.41) is 0. The summed E-state index contributed by atoms with van der Waals surface area (Å²) in [7, 11) is 0. The summed E-state index contributed by atoms with van der Waals surface area (Å²) in [6.07, 6.45) is 0.937. The minimum absolute atomic E-state index is 0.0882. The van der Waals surface area contributed by atoms with Crippen molar-refractivity contribution < 1.29 is 9.53 Å². The second kappa shape index (κ2) is 7.04. The largest absolute Gasteiger partial charge is 0.491 e. The summed E-state index contributed by atoms with van der Waals surface area (Å²) in [6, 6.07) is 5.88. The third-order valence-corrected chi connectivity index (χ3v) is 2.97. The van der Waals surface area contributed by atoms with Crippen molar-refractivity contribution in [3.63, 3.8) is 0 Å². The van der Waals surface area contributed by atoms with Crippen molar-refractivity contribution in [2.24, 2.45) is 0 Å². The van der Waals surface area contributed by atoms with Crippen LogP contribution in [0.1, 0.15) is 43.6 Å². The molecule has 0 bridgehead atoms. The molecule has 0 fully saturated rings. The van der Waals surface area contributed by atoms with Crippen molar-refractivity contribution in [1.29, 1.82) is 0 Å². The van der Waals surface area contributed by atoms with Gasteiger partial charge in [-0.15, -0.1) is 0 Å². The number of carbonyl (C=O) groups is 1. The second-order valence-electron chi connectivity index (χ2n) is 3.92. The van der Waals surface area contributed by atoms with Gasteiger partial charge in [-0.2, -0.15) is 0 Å². The molecule has 0 N–H and O–H groups in total. The smallest absolute Gasteiger partial charge is 0.257 e. The van der Waals surface area contributed by atoms with Gasteiger partial charge in [0.15, 0.2) is 0 Å². The average Bonchev–Trinajstić information content (AvgIpc) is 2.60. The Bertz CT molecular complexity index is 401. The molecule has 1 aromatic carbocycles.